The minimum atomic E-state index is -1.36. The van der Waals surface area contributed by atoms with Crippen LogP contribution >= 0.6 is 0 Å². The fourth-order valence-electron chi connectivity index (χ4n) is 1.84. The molecule has 1 saturated carbocycles. The van der Waals surface area contributed by atoms with E-state index < -0.39 is 11.0 Å². The van der Waals surface area contributed by atoms with Crippen LogP contribution in [0.2, 0.25) is 0 Å². The van der Waals surface area contributed by atoms with Crippen LogP contribution < -0.4 is 0 Å². The van der Waals surface area contributed by atoms with Crippen molar-refractivity contribution in [1.82, 2.24) is 0 Å². The molecule has 0 radical (unpaired) electrons. The molecule has 2 heteroatoms. The number of hydrogen-bond donors (Lipinski definition) is 1. The maximum Gasteiger partial charge on any atom is 0.164 e. The highest BCUT2D eigenvalue weighted by molar-refractivity contribution is 5.31. The molecular formula is C10H13NO. The number of terminal acetylenes is 1. The van der Waals surface area contributed by atoms with Crippen molar-refractivity contribution in [3.63, 3.8) is 0 Å². The molecule has 3 atom stereocenters. The van der Waals surface area contributed by atoms with Crippen molar-refractivity contribution in [2.45, 2.75) is 32.3 Å². The normalized spacial score (nSPS) is 37.6. The van der Waals surface area contributed by atoms with Crippen molar-refractivity contribution in [1.29, 1.82) is 5.26 Å². The summed E-state index contributed by atoms with van der Waals surface area (Å²) >= 11 is 0. The van der Waals surface area contributed by atoms with Gasteiger partial charge in [0.15, 0.2) is 5.60 Å². The summed E-state index contributed by atoms with van der Waals surface area (Å²) in [5.74, 6) is 2.89. The Hall–Kier alpha value is -0.990. The predicted molar refractivity (Wildman–Crippen MR) is 45.9 cm³/mol. The van der Waals surface area contributed by atoms with E-state index in [1.54, 1.807) is 0 Å². The van der Waals surface area contributed by atoms with E-state index in [0.29, 0.717) is 5.92 Å². The number of nitrogens with zero attached hydrogens (tertiary/aromatic N) is 1. The van der Waals surface area contributed by atoms with Crippen LogP contribution in [0.5, 0.6) is 0 Å². The predicted octanol–water partition coefficient (Wildman–Crippen LogP) is 1.31. The molecule has 1 rings (SSSR count). The molecule has 64 valence electrons. The molecule has 1 aliphatic rings. The van der Waals surface area contributed by atoms with E-state index in [-0.39, 0.29) is 0 Å². The molecule has 1 unspecified atom stereocenters. The van der Waals surface area contributed by atoms with Crippen molar-refractivity contribution < 1.29 is 5.11 Å². The first-order valence-corrected chi connectivity index (χ1v) is 4.15. The van der Waals surface area contributed by atoms with E-state index in [4.69, 9.17) is 11.7 Å². The van der Waals surface area contributed by atoms with Gasteiger partial charge >= 0.3 is 0 Å². The molecule has 1 aliphatic carbocycles. The monoisotopic (exact) mass is 163 g/mol. The van der Waals surface area contributed by atoms with Crippen LogP contribution in [-0.2, 0) is 0 Å². The molecule has 0 saturated heterocycles. The topological polar surface area (TPSA) is 44.0 Å². The van der Waals surface area contributed by atoms with Gasteiger partial charge < -0.3 is 5.11 Å². The van der Waals surface area contributed by atoms with Crippen LogP contribution in [0, 0.1) is 35.0 Å². The van der Waals surface area contributed by atoms with E-state index >= 15 is 0 Å². The molecule has 0 aromatic rings. The molecule has 0 aliphatic heterocycles. The molecule has 1 fully saturated rings. The van der Waals surface area contributed by atoms with Gasteiger partial charge in [-0.25, -0.2) is 0 Å². The zero-order valence-electron chi connectivity index (χ0n) is 7.46. The highest BCUT2D eigenvalue weighted by atomic mass is 16.3. The lowest BCUT2D eigenvalue weighted by atomic mass is 9.85. The van der Waals surface area contributed by atoms with Gasteiger partial charge in [-0.05, 0) is 19.3 Å². The summed E-state index contributed by atoms with van der Waals surface area (Å²) in [4.78, 5) is 0. The van der Waals surface area contributed by atoms with Gasteiger partial charge in [0.1, 0.15) is 0 Å². The van der Waals surface area contributed by atoms with Gasteiger partial charge in [0, 0.05) is 0 Å². The second-order valence-corrected chi connectivity index (χ2v) is 3.61. The van der Waals surface area contributed by atoms with Crippen LogP contribution in [0.4, 0.5) is 0 Å². The zero-order valence-corrected chi connectivity index (χ0v) is 7.46. The van der Waals surface area contributed by atoms with Gasteiger partial charge in [-0.2, -0.15) is 5.26 Å². The average molecular weight is 163 g/mol. The maximum atomic E-state index is 9.71. The fraction of sp³-hybridized carbons (Fsp3) is 0.700. The second-order valence-electron chi connectivity index (χ2n) is 3.61. The summed E-state index contributed by atoms with van der Waals surface area (Å²) in [6.45, 7) is 3.53. The lowest BCUT2D eigenvalue weighted by Gasteiger charge is -2.22. The molecule has 0 heterocycles. The summed E-state index contributed by atoms with van der Waals surface area (Å²) in [5, 5.41) is 18.4. The Kier molecular flexibility index (Phi) is 1.90. The quantitative estimate of drug-likeness (QED) is 0.492. The molecule has 0 bridgehead atoms. The van der Waals surface area contributed by atoms with Crippen LogP contribution in [0.15, 0.2) is 0 Å². The standard InChI is InChI=1S/C10H13NO/c1-4-8-6-10(8,5-2)9(3,12)7-11/h2,8,12H,4,6H2,1,3H3/t8-,9?,10-/m1/s1. The molecule has 12 heavy (non-hydrogen) atoms. The molecule has 0 spiro atoms. The summed E-state index contributed by atoms with van der Waals surface area (Å²) in [6.07, 6.45) is 7.05. The second kappa shape index (κ2) is 2.51. The Balaban J connectivity index is 2.90. The molecular weight excluding hydrogens is 150 g/mol. The van der Waals surface area contributed by atoms with E-state index in [9.17, 15) is 5.11 Å². The van der Waals surface area contributed by atoms with Crippen molar-refractivity contribution in [2.75, 3.05) is 0 Å². The van der Waals surface area contributed by atoms with Gasteiger partial charge in [0.2, 0.25) is 0 Å². The Morgan fingerprint density at radius 3 is 2.67 bits per heavy atom. The lowest BCUT2D eigenvalue weighted by Crippen LogP contribution is -2.35. The third-order valence-corrected chi connectivity index (χ3v) is 2.94. The minimum absolute atomic E-state index is 0.317. The number of hydrogen-bond acceptors (Lipinski definition) is 2. The molecule has 0 amide bonds. The lowest BCUT2D eigenvalue weighted by molar-refractivity contribution is 0.0587. The Morgan fingerprint density at radius 1 is 1.83 bits per heavy atom. The van der Waals surface area contributed by atoms with Crippen LogP contribution in [0.25, 0.3) is 0 Å². The van der Waals surface area contributed by atoms with Crippen molar-refractivity contribution in [2.24, 2.45) is 11.3 Å². The largest absolute Gasteiger partial charge is 0.374 e. The highest BCUT2D eigenvalue weighted by Crippen LogP contribution is 2.60. The van der Waals surface area contributed by atoms with Crippen LogP contribution in [0.1, 0.15) is 26.7 Å². The first-order chi connectivity index (χ1) is 5.54. The van der Waals surface area contributed by atoms with E-state index in [0.717, 1.165) is 12.8 Å². The van der Waals surface area contributed by atoms with Gasteiger partial charge in [-0.1, -0.05) is 19.3 Å². The van der Waals surface area contributed by atoms with Gasteiger partial charge in [-0.15, -0.1) is 6.42 Å². The molecule has 2 nitrogen and oxygen atoms in total. The summed E-state index contributed by atoms with van der Waals surface area (Å²) in [6, 6.07) is 1.87. The minimum Gasteiger partial charge on any atom is -0.374 e. The van der Waals surface area contributed by atoms with Gasteiger partial charge in [-0.3, -0.25) is 0 Å². The Morgan fingerprint density at radius 2 is 2.42 bits per heavy atom. The Labute approximate surface area is 73.2 Å². The van der Waals surface area contributed by atoms with Crippen molar-refractivity contribution in [3.05, 3.63) is 0 Å². The first-order valence-electron chi connectivity index (χ1n) is 4.15. The van der Waals surface area contributed by atoms with Crippen molar-refractivity contribution >= 4 is 0 Å². The van der Waals surface area contributed by atoms with E-state index in [1.165, 1.54) is 6.92 Å². The highest BCUT2D eigenvalue weighted by Gasteiger charge is 2.63. The summed E-state index contributed by atoms with van der Waals surface area (Å²) in [7, 11) is 0. The summed E-state index contributed by atoms with van der Waals surface area (Å²) < 4.78 is 0. The Bertz CT molecular complexity index is 269. The summed E-state index contributed by atoms with van der Waals surface area (Å²) in [5.41, 5.74) is -1.93. The van der Waals surface area contributed by atoms with Gasteiger partial charge in [0.25, 0.3) is 0 Å². The van der Waals surface area contributed by atoms with E-state index in [1.807, 2.05) is 13.0 Å². The zero-order chi connectivity index (χ0) is 9.41. The number of nitriles is 1. The van der Waals surface area contributed by atoms with Gasteiger partial charge in [0.05, 0.1) is 11.5 Å². The molecule has 0 aromatic carbocycles. The third-order valence-electron chi connectivity index (χ3n) is 2.94. The van der Waals surface area contributed by atoms with E-state index in [2.05, 4.69) is 5.92 Å². The number of aliphatic hydroxyl groups is 1. The fourth-order valence-corrected chi connectivity index (χ4v) is 1.84. The smallest absolute Gasteiger partial charge is 0.164 e. The van der Waals surface area contributed by atoms with Crippen LogP contribution in [-0.4, -0.2) is 10.7 Å². The molecule has 0 aromatic heterocycles. The first kappa shape index (κ1) is 9.10. The average Bonchev–Trinajstić information content (AvgIpc) is 2.79. The molecule has 1 N–H and O–H groups in total. The van der Waals surface area contributed by atoms with Crippen LogP contribution in [0.3, 0.4) is 0 Å². The third kappa shape index (κ3) is 0.924. The number of rotatable bonds is 2. The SMILES string of the molecule is C#C[C@@]1(C(C)(O)C#N)C[C@H]1CC. The van der Waals surface area contributed by atoms with Crippen molar-refractivity contribution in [3.8, 4) is 18.4 Å². The maximum absolute atomic E-state index is 9.71.